The van der Waals surface area contributed by atoms with E-state index in [9.17, 15) is 0 Å². The number of aromatic amines is 1. The van der Waals surface area contributed by atoms with E-state index in [1.807, 2.05) is 24.3 Å². The van der Waals surface area contributed by atoms with Gasteiger partial charge in [-0.1, -0.05) is 19.6 Å². The minimum atomic E-state index is 0.248. The molecule has 9 heteroatoms. The van der Waals surface area contributed by atoms with E-state index in [0.717, 1.165) is 48.6 Å². The van der Waals surface area contributed by atoms with E-state index in [2.05, 4.69) is 42.2 Å². The number of ether oxygens (including phenoxy) is 2. The molecule has 1 aliphatic heterocycles. The highest BCUT2D eigenvalue weighted by Crippen LogP contribution is 2.31. The fourth-order valence-electron chi connectivity index (χ4n) is 3.58. The van der Waals surface area contributed by atoms with E-state index >= 15 is 0 Å². The van der Waals surface area contributed by atoms with Crippen molar-refractivity contribution < 1.29 is 9.47 Å². The van der Waals surface area contributed by atoms with Crippen molar-refractivity contribution in [2.24, 2.45) is 0 Å². The Morgan fingerprint density at radius 1 is 1.26 bits per heavy atom. The summed E-state index contributed by atoms with van der Waals surface area (Å²) in [5.41, 5.74) is 2.79. The van der Waals surface area contributed by atoms with Crippen molar-refractivity contribution in [3.8, 4) is 17.0 Å². The summed E-state index contributed by atoms with van der Waals surface area (Å²) in [4.78, 5) is 13.8. The Bertz CT molecular complexity index is 1060. The molecule has 2 N–H and O–H groups in total. The molecule has 1 fully saturated rings. The zero-order chi connectivity index (χ0) is 21.6. The number of rotatable bonds is 8. The van der Waals surface area contributed by atoms with Gasteiger partial charge in [-0.15, -0.1) is 4.98 Å². The van der Waals surface area contributed by atoms with Gasteiger partial charge in [-0.25, -0.2) is 4.98 Å². The summed E-state index contributed by atoms with van der Waals surface area (Å²) in [5.74, 6) is 2.10. The lowest BCUT2D eigenvalue weighted by atomic mass is 10.1. The summed E-state index contributed by atoms with van der Waals surface area (Å²) in [6, 6.07) is 7.93. The minimum absolute atomic E-state index is 0.248. The first kappa shape index (κ1) is 20.8. The standard InChI is InChI=1S/C22H25N7O2/c1-4-29-8-7-16(13-29)31-14-15-5-6-17(19(9-15)30-3)18-10-20(28-27-18)26-22-12-24-21(23-2)11-25-22/h5-6,9-12,16H,4,7-8,13-14H2,1,3H3,(H2,25,26,27,28)/t16-/m1/s1. The summed E-state index contributed by atoms with van der Waals surface area (Å²) >= 11 is 0. The second kappa shape index (κ2) is 9.55. The Morgan fingerprint density at radius 2 is 2.16 bits per heavy atom. The highest BCUT2D eigenvalue weighted by atomic mass is 16.5. The Labute approximate surface area is 181 Å². The Kier molecular flexibility index (Phi) is 6.40. The summed E-state index contributed by atoms with van der Waals surface area (Å²) in [7, 11) is 1.66. The molecule has 1 aliphatic rings. The molecule has 0 radical (unpaired) electrons. The largest absolute Gasteiger partial charge is 0.496 e. The summed E-state index contributed by atoms with van der Waals surface area (Å²) in [6.45, 7) is 12.9. The van der Waals surface area contributed by atoms with Gasteiger partial charge >= 0.3 is 0 Å². The van der Waals surface area contributed by atoms with Crippen LogP contribution in [0, 0.1) is 6.57 Å². The summed E-state index contributed by atoms with van der Waals surface area (Å²) in [6.07, 6.45) is 4.29. The number of benzene rings is 1. The van der Waals surface area contributed by atoms with Crippen LogP contribution in [0.2, 0.25) is 0 Å². The fraction of sp³-hybridized carbons (Fsp3) is 0.364. The van der Waals surface area contributed by atoms with E-state index in [0.29, 0.717) is 24.3 Å². The molecule has 4 rings (SSSR count). The average Bonchev–Trinajstić information content (AvgIpc) is 3.47. The fourth-order valence-corrected chi connectivity index (χ4v) is 3.58. The number of likely N-dealkylation sites (tertiary alicyclic amines) is 1. The summed E-state index contributed by atoms with van der Waals surface area (Å²) in [5, 5.41) is 10.4. The number of likely N-dealkylation sites (N-methyl/N-ethyl adjacent to an activating group) is 1. The molecule has 1 atom stereocenters. The highest BCUT2D eigenvalue weighted by Gasteiger charge is 2.21. The Morgan fingerprint density at radius 3 is 2.87 bits per heavy atom. The van der Waals surface area contributed by atoms with Gasteiger partial charge in [-0.3, -0.25) is 5.10 Å². The first-order valence-corrected chi connectivity index (χ1v) is 10.2. The number of hydrogen-bond acceptors (Lipinski definition) is 7. The van der Waals surface area contributed by atoms with Crippen LogP contribution in [0.25, 0.3) is 16.1 Å². The van der Waals surface area contributed by atoms with Crippen molar-refractivity contribution >= 4 is 17.5 Å². The van der Waals surface area contributed by atoms with Gasteiger partial charge in [-0.2, -0.15) is 5.10 Å². The third kappa shape index (κ3) is 4.99. The molecule has 0 saturated carbocycles. The normalized spacial score (nSPS) is 16.2. The molecular weight excluding hydrogens is 394 g/mol. The second-order valence-corrected chi connectivity index (χ2v) is 7.31. The van der Waals surface area contributed by atoms with E-state index in [-0.39, 0.29) is 5.82 Å². The molecule has 0 unspecified atom stereocenters. The smallest absolute Gasteiger partial charge is 0.288 e. The van der Waals surface area contributed by atoms with Crippen LogP contribution in [-0.2, 0) is 11.3 Å². The van der Waals surface area contributed by atoms with E-state index in [1.165, 1.54) is 12.4 Å². The van der Waals surface area contributed by atoms with Crippen LogP contribution in [-0.4, -0.2) is 57.9 Å². The maximum Gasteiger partial charge on any atom is 0.288 e. The van der Waals surface area contributed by atoms with Gasteiger partial charge in [0, 0.05) is 24.7 Å². The van der Waals surface area contributed by atoms with Crippen LogP contribution in [0.1, 0.15) is 18.9 Å². The van der Waals surface area contributed by atoms with Crippen molar-refractivity contribution in [1.29, 1.82) is 0 Å². The molecule has 0 spiro atoms. The predicted molar refractivity (Wildman–Crippen MR) is 117 cm³/mol. The number of H-pyrrole nitrogens is 1. The lowest BCUT2D eigenvalue weighted by molar-refractivity contribution is 0.0470. The second-order valence-electron chi connectivity index (χ2n) is 7.31. The van der Waals surface area contributed by atoms with E-state index in [4.69, 9.17) is 16.0 Å². The van der Waals surface area contributed by atoms with Gasteiger partial charge in [-0.05, 0) is 30.7 Å². The van der Waals surface area contributed by atoms with Crippen molar-refractivity contribution in [3.63, 3.8) is 0 Å². The molecule has 3 heterocycles. The van der Waals surface area contributed by atoms with Crippen LogP contribution in [0.15, 0.2) is 36.7 Å². The lowest BCUT2D eigenvalue weighted by Gasteiger charge is -2.15. The zero-order valence-electron chi connectivity index (χ0n) is 17.6. The van der Waals surface area contributed by atoms with Crippen molar-refractivity contribution in [1.82, 2.24) is 25.1 Å². The highest BCUT2D eigenvalue weighted by molar-refractivity contribution is 5.71. The molecule has 1 aromatic carbocycles. The maximum atomic E-state index is 6.94. The molecule has 1 saturated heterocycles. The number of aromatic nitrogens is 4. The van der Waals surface area contributed by atoms with E-state index < -0.39 is 0 Å². The predicted octanol–water partition coefficient (Wildman–Crippen LogP) is 3.78. The van der Waals surface area contributed by atoms with E-state index in [1.54, 1.807) is 7.11 Å². The van der Waals surface area contributed by atoms with Gasteiger partial charge in [0.25, 0.3) is 5.82 Å². The van der Waals surface area contributed by atoms with Crippen LogP contribution < -0.4 is 10.1 Å². The van der Waals surface area contributed by atoms with Gasteiger partial charge in [0.1, 0.15) is 5.75 Å². The topological polar surface area (TPSA) is 92.6 Å². The number of nitrogens with zero attached hydrogens (tertiary/aromatic N) is 5. The molecule has 2 aromatic heterocycles. The molecule has 31 heavy (non-hydrogen) atoms. The van der Waals surface area contributed by atoms with Crippen LogP contribution >= 0.6 is 0 Å². The molecule has 3 aromatic rings. The van der Waals surface area contributed by atoms with Gasteiger partial charge in [0.2, 0.25) is 0 Å². The van der Waals surface area contributed by atoms with Crippen molar-refractivity contribution in [2.75, 3.05) is 32.1 Å². The first-order chi connectivity index (χ1) is 15.2. The quantitative estimate of drug-likeness (QED) is 0.537. The molecule has 160 valence electrons. The third-order valence-electron chi connectivity index (χ3n) is 5.30. The number of nitrogens with one attached hydrogen (secondary N) is 2. The molecule has 9 nitrogen and oxygen atoms in total. The lowest BCUT2D eigenvalue weighted by Crippen LogP contribution is -2.22. The maximum absolute atomic E-state index is 6.94. The monoisotopic (exact) mass is 419 g/mol. The Hall–Kier alpha value is -3.48. The molecule has 0 aliphatic carbocycles. The summed E-state index contributed by atoms with van der Waals surface area (Å²) < 4.78 is 11.7. The first-order valence-electron chi connectivity index (χ1n) is 10.2. The van der Waals surface area contributed by atoms with Gasteiger partial charge < -0.3 is 24.5 Å². The van der Waals surface area contributed by atoms with Crippen LogP contribution in [0.5, 0.6) is 5.75 Å². The minimum Gasteiger partial charge on any atom is -0.496 e. The molecular formula is C22H25N7O2. The van der Waals surface area contributed by atoms with Gasteiger partial charge in [0.15, 0.2) is 17.8 Å². The zero-order valence-corrected chi connectivity index (χ0v) is 17.6. The van der Waals surface area contributed by atoms with Crippen LogP contribution in [0.3, 0.4) is 0 Å². The number of hydrogen-bond donors (Lipinski definition) is 2. The average molecular weight is 419 g/mol. The molecule has 0 bridgehead atoms. The SMILES string of the molecule is [C-]#[N+]c1cnc(Nc2cc(-c3ccc(CO[C@@H]4CCN(CC)C4)cc3OC)[nH]n2)cn1. The van der Waals surface area contributed by atoms with Crippen molar-refractivity contribution in [3.05, 3.63) is 53.6 Å². The Balaban J connectivity index is 1.42. The number of anilines is 2. The van der Waals surface area contributed by atoms with Crippen molar-refractivity contribution in [2.45, 2.75) is 26.1 Å². The molecule has 0 amide bonds. The number of methoxy groups -OCH3 is 1. The van der Waals surface area contributed by atoms with Gasteiger partial charge in [0.05, 0.1) is 31.7 Å². The third-order valence-corrected chi connectivity index (χ3v) is 5.30. The van der Waals surface area contributed by atoms with Crippen LogP contribution in [0.4, 0.5) is 17.5 Å².